The number of thiocarbonyl (C=S) groups is 1. The summed E-state index contributed by atoms with van der Waals surface area (Å²) in [5.74, 6) is 0. The van der Waals surface area contributed by atoms with Gasteiger partial charge in [-0.2, -0.15) is 0 Å². The van der Waals surface area contributed by atoms with Crippen LogP contribution in [-0.4, -0.2) is 60.9 Å². The van der Waals surface area contributed by atoms with E-state index in [-0.39, 0.29) is 36.5 Å². The van der Waals surface area contributed by atoms with Crippen molar-refractivity contribution < 1.29 is 19.0 Å². The first-order valence-electron chi connectivity index (χ1n) is 11.0. The minimum Gasteiger partial charge on any atom is -0.441 e. The number of carbonyl (C=O) groups excluding carboxylic acids is 1. The second kappa shape index (κ2) is 9.59. The predicted octanol–water partition coefficient (Wildman–Crippen LogP) is 2.38. The van der Waals surface area contributed by atoms with E-state index >= 15 is 0 Å². The minimum absolute atomic E-state index is 0.0106. The van der Waals surface area contributed by atoms with E-state index in [4.69, 9.17) is 26.4 Å². The molecule has 2 aliphatic carbocycles. The van der Waals surface area contributed by atoms with E-state index in [0.29, 0.717) is 24.4 Å². The van der Waals surface area contributed by atoms with E-state index in [1.54, 1.807) is 0 Å². The zero-order valence-corrected chi connectivity index (χ0v) is 17.3. The van der Waals surface area contributed by atoms with E-state index in [0.717, 1.165) is 12.8 Å². The van der Waals surface area contributed by atoms with Crippen LogP contribution in [0.5, 0.6) is 0 Å². The van der Waals surface area contributed by atoms with Crippen LogP contribution >= 0.6 is 12.2 Å². The number of amides is 1. The van der Waals surface area contributed by atoms with Gasteiger partial charge >= 0.3 is 6.09 Å². The molecule has 4 aliphatic rings. The van der Waals surface area contributed by atoms with Crippen molar-refractivity contribution in [3.05, 3.63) is 0 Å². The monoisotopic (exact) mass is 411 g/mol. The molecule has 0 spiro atoms. The Balaban J connectivity index is 1.21. The first kappa shape index (κ1) is 20.2. The summed E-state index contributed by atoms with van der Waals surface area (Å²) >= 11 is 5.49. The number of carbonyl (C=O) groups is 1. The molecule has 2 saturated heterocycles. The van der Waals surface area contributed by atoms with Crippen LogP contribution in [0.2, 0.25) is 0 Å². The molecule has 4 rings (SSSR count). The molecule has 2 saturated carbocycles. The van der Waals surface area contributed by atoms with Gasteiger partial charge in [-0.25, -0.2) is 4.79 Å². The fraction of sp³-hybridized carbons (Fsp3) is 0.900. The zero-order chi connectivity index (χ0) is 19.3. The summed E-state index contributed by atoms with van der Waals surface area (Å²) in [6.45, 7) is 0.875. The van der Waals surface area contributed by atoms with E-state index < -0.39 is 0 Å². The normalized spacial score (nSPS) is 33.9. The Morgan fingerprint density at radius 2 is 1.39 bits per heavy atom. The summed E-state index contributed by atoms with van der Waals surface area (Å²) in [5, 5.41) is 10.4. The third-order valence-electron chi connectivity index (χ3n) is 6.45. The van der Waals surface area contributed by atoms with E-state index in [2.05, 4.69) is 16.0 Å². The number of nitrogens with one attached hydrogen (secondary N) is 3. The van der Waals surface area contributed by atoms with Gasteiger partial charge in [0.05, 0.1) is 19.3 Å². The molecule has 0 bridgehead atoms. The summed E-state index contributed by atoms with van der Waals surface area (Å²) < 4.78 is 17.4. The molecular weight excluding hydrogens is 378 g/mol. The maximum absolute atomic E-state index is 12.2. The molecule has 0 aromatic carbocycles. The molecule has 4 atom stereocenters. The number of fused-ring (bicyclic) bond motifs is 1. The second-order valence-electron chi connectivity index (χ2n) is 8.58. The summed E-state index contributed by atoms with van der Waals surface area (Å²) in [6.07, 6.45) is 10.8. The standard InChI is InChI=1S/C20H33N3O4S/c24-20(22-14-9-5-2-6-10-14)27-16-12-26-17-15(11-25-18(16)17)23-19(28)21-13-7-3-1-4-8-13/h13-18H,1-12H2,(H,22,24)(H2,21,23,28). The quantitative estimate of drug-likeness (QED) is 0.613. The largest absolute Gasteiger partial charge is 0.441 e. The van der Waals surface area contributed by atoms with E-state index in [9.17, 15) is 4.79 Å². The van der Waals surface area contributed by atoms with Crippen molar-refractivity contribution >= 4 is 23.4 Å². The Morgan fingerprint density at radius 3 is 2.07 bits per heavy atom. The van der Waals surface area contributed by atoms with Crippen molar-refractivity contribution in [3.8, 4) is 0 Å². The summed E-state index contributed by atoms with van der Waals surface area (Å²) in [5.41, 5.74) is 0. The topological polar surface area (TPSA) is 80.9 Å². The number of hydrogen-bond donors (Lipinski definition) is 3. The number of ether oxygens (including phenoxy) is 3. The van der Waals surface area contributed by atoms with Gasteiger partial charge in [-0.05, 0) is 37.9 Å². The van der Waals surface area contributed by atoms with Crippen LogP contribution in [0, 0.1) is 0 Å². The molecule has 7 nitrogen and oxygen atoms in total. The minimum atomic E-state index is -0.361. The highest BCUT2D eigenvalue weighted by Gasteiger charge is 2.49. The number of alkyl carbamates (subject to hydrolysis) is 1. The van der Waals surface area contributed by atoms with Crippen molar-refractivity contribution in [2.24, 2.45) is 0 Å². The third-order valence-corrected chi connectivity index (χ3v) is 6.69. The van der Waals surface area contributed by atoms with Crippen molar-refractivity contribution in [2.75, 3.05) is 13.2 Å². The molecule has 2 aliphatic heterocycles. The molecule has 3 N–H and O–H groups in total. The van der Waals surface area contributed by atoms with E-state index in [1.165, 1.54) is 51.4 Å². The Labute approximate surface area is 172 Å². The molecule has 0 aromatic rings. The van der Waals surface area contributed by atoms with Crippen LogP contribution in [0.15, 0.2) is 0 Å². The van der Waals surface area contributed by atoms with Crippen LogP contribution in [0.1, 0.15) is 64.2 Å². The predicted molar refractivity (Wildman–Crippen MR) is 109 cm³/mol. The van der Waals surface area contributed by atoms with Gasteiger partial charge in [-0.15, -0.1) is 0 Å². The molecule has 0 radical (unpaired) electrons. The van der Waals surface area contributed by atoms with Crippen LogP contribution in [0.4, 0.5) is 4.79 Å². The smallest absolute Gasteiger partial charge is 0.407 e. The third kappa shape index (κ3) is 5.07. The zero-order valence-electron chi connectivity index (χ0n) is 16.5. The molecule has 8 heteroatoms. The van der Waals surface area contributed by atoms with Crippen LogP contribution in [0.25, 0.3) is 0 Å². The van der Waals surface area contributed by atoms with Crippen molar-refractivity contribution in [2.45, 2.75) is 101 Å². The first-order valence-corrected chi connectivity index (χ1v) is 11.4. The molecule has 2 heterocycles. The highest BCUT2D eigenvalue weighted by Crippen LogP contribution is 2.29. The van der Waals surface area contributed by atoms with Gasteiger partial charge in [0.25, 0.3) is 0 Å². The average Bonchev–Trinajstić information content (AvgIpc) is 3.27. The fourth-order valence-corrected chi connectivity index (χ4v) is 5.23. The average molecular weight is 412 g/mol. The highest BCUT2D eigenvalue weighted by molar-refractivity contribution is 7.80. The number of hydrogen-bond acceptors (Lipinski definition) is 5. The Kier molecular flexibility index (Phi) is 6.90. The maximum atomic E-state index is 12.2. The van der Waals surface area contributed by atoms with Gasteiger partial charge in [0.2, 0.25) is 0 Å². The molecule has 1 amide bonds. The molecular formula is C20H33N3O4S. The molecule has 28 heavy (non-hydrogen) atoms. The molecule has 158 valence electrons. The van der Waals surface area contributed by atoms with Gasteiger partial charge in [0.15, 0.2) is 11.2 Å². The van der Waals surface area contributed by atoms with Crippen LogP contribution < -0.4 is 16.0 Å². The van der Waals surface area contributed by atoms with Gasteiger partial charge in [0, 0.05) is 12.1 Å². The number of rotatable bonds is 4. The van der Waals surface area contributed by atoms with Gasteiger partial charge in [0.1, 0.15) is 12.2 Å². The lowest BCUT2D eigenvalue weighted by molar-refractivity contribution is 0.00276. The summed E-state index contributed by atoms with van der Waals surface area (Å²) in [4.78, 5) is 12.2. The van der Waals surface area contributed by atoms with Crippen molar-refractivity contribution in [1.82, 2.24) is 16.0 Å². The summed E-state index contributed by atoms with van der Waals surface area (Å²) in [6, 6.07) is 0.695. The molecule has 0 aromatic heterocycles. The Morgan fingerprint density at radius 1 is 0.786 bits per heavy atom. The lowest BCUT2D eigenvalue weighted by atomic mass is 9.96. The van der Waals surface area contributed by atoms with Crippen molar-refractivity contribution in [1.29, 1.82) is 0 Å². The van der Waals surface area contributed by atoms with Gasteiger partial charge < -0.3 is 30.2 Å². The SMILES string of the molecule is O=C(NC1CCCCC1)OC1COC2C(NC(=S)NC3CCCCC3)COC12. The molecule has 4 unspecified atom stereocenters. The van der Waals surface area contributed by atoms with Gasteiger partial charge in [-0.1, -0.05) is 38.5 Å². The van der Waals surface area contributed by atoms with Crippen LogP contribution in [0.3, 0.4) is 0 Å². The molecule has 4 fully saturated rings. The Bertz CT molecular complexity index is 504. The lowest BCUT2D eigenvalue weighted by Crippen LogP contribution is -2.51. The Hall–Kier alpha value is -1.12. The van der Waals surface area contributed by atoms with E-state index in [1.807, 2.05) is 0 Å². The van der Waals surface area contributed by atoms with Crippen LogP contribution in [-0.2, 0) is 14.2 Å². The van der Waals surface area contributed by atoms with Crippen molar-refractivity contribution in [3.63, 3.8) is 0 Å². The summed E-state index contributed by atoms with van der Waals surface area (Å²) in [7, 11) is 0. The first-order chi connectivity index (χ1) is 13.7. The highest BCUT2D eigenvalue weighted by atomic mass is 32.1. The van der Waals surface area contributed by atoms with Gasteiger partial charge in [-0.3, -0.25) is 0 Å². The lowest BCUT2D eigenvalue weighted by Gasteiger charge is -2.26. The maximum Gasteiger partial charge on any atom is 0.407 e. The fourth-order valence-electron chi connectivity index (χ4n) is 4.92. The second-order valence-corrected chi connectivity index (χ2v) is 8.99.